The van der Waals surface area contributed by atoms with Crippen molar-refractivity contribution in [3.05, 3.63) is 42.2 Å². The van der Waals surface area contributed by atoms with Crippen LogP contribution in [0.5, 0.6) is 11.5 Å². The fourth-order valence-electron chi connectivity index (χ4n) is 3.38. The van der Waals surface area contributed by atoms with Crippen molar-refractivity contribution in [2.45, 2.75) is 51.8 Å². The summed E-state index contributed by atoms with van der Waals surface area (Å²) in [6.45, 7) is 4.92. The van der Waals surface area contributed by atoms with Crippen molar-refractivity contribution >= 4 is 29.9 Å². The molecule has 1 heterocycles. The van der Waals surface area contributed by atoms with Crippen LogP contribution >= 0.6 is 24.0 Å². The zero-order valence-electron chi connectivity index (χ0n) is 17.3. The molecular formula is C21H32IN5O2. The van der Waals surface area contributed by atoms with E-state index in [0.717, 1.165) is 55.5 Å². The number of nitrogens with one attached hydrogen (secondary N) is 2. The molecule has 0 spiro atoms. The van der Waals surface area contributed by atoms with Crippen LogP contribution in [0, 0.1) is 0 Å². The number of nitrogens with zero attached hydrogens (tertiary/aromatic N) is 3. The first-order valence-electron chi connectivity index (χ1n) is 10.1. The monoisotopic (exact) mass is 513 g/mol. The van der Waals surface area contributed by atoms with Crippen LogP contribution in [0.15, 0.2) is 41.7 Å². The molecule has 1 saturated carbocycles. The Hall–Kier alpha value is -1.97. The minimum atomic E-state index is 0. The Balaban J connectivity index is 0.00000300. The highest BCUT2D eigenvalue weighted by Crippen LogP contribution is 2.35. The molecule has 1 aromatic heterocycles. The largest absolute Gasteiger partial charge is 0.493 e. The number of aromatic nitrogens is 2. The van der Waals surface area contributed by atoms with E-state index >= 15 is 0 Å². The number of hydrogen-bond donors (Lipinski definition) is 2. The van der Waals surface area contributed by atoms with Gasteiger partial charge in [-0.1, -0.05) is 12.1 Å². The number of aliphatic imine (C=N–C) groups is 1. The number of benzene rings is 1. The van der Waals surface area contributed by atoms with E-state index in [2.05, 4.69) is 28.7 Å². The molecule has 0 amide bonds. The second kappa shape index (κ2) is 12.6. The van der Waals surface area contributed by atoms with E-state index in [9.17, 15) is 0 Å². The number of halogens is 1. The predicted octanol–water partition coefficient (Wildman–Crippen LogP) is 3.59. The fraction of sp³-hybridized carbons (Fsp3) is 0.524. The number of guanidine groups is 1. The van der Waals surface area contributed by atoms with E-state index in [1.807, 2.05) is 29.1 Å². The summed E-state index contributed by atoms with van der Waals surface area (Å²) in [5.41, 5.74) is 1.04. The Morgan fingerprint density at radius 1 is 1.24 bits per heavy atom. The minimum absolute atomic E-state index is 0. The van der Waals surface area contributed by atoms with Crippen LogP contribution in [0.1, 0.15) is 38.2 Å². The van der Waals surface area contributed by atoms with Crippen LogP contribution in [0.3, 0.4) is 0 Å². The molecule has 3 rings (SSSR count). The summed E-state index contributed by atoms with van der Waals surface area (Å²) in [7, 11) is 1.69. The number of ether oxygens (including phenoxy) is 2. The lowest BCUT2D eigenvalue weighted by atomic mass is 10.1. The molecule has 0 unspecified atom stereocenters. The molecule has 0 radical (unpaired) electrons. The Labute approximate surface area is 190 Å². The van der Waals surface area contributed by atoms with Crippen molar-refractivity contribution in [2.75, 3.05) is 20.2 Å². The summed E-state index contributed by atoms with van der Waals surface area (Å²) >= 11 is 0. The highest BCUT2D eigenvalue weighted by atomic mass is 127. The van der Waals surface area contributed by atoms with Gasteiger partial charge in [0.1, 0.15) is 0 Å². The summed E-state index contributed by atoms with van der Waals surface area (Å²) in [6.07, 6.45) is 8.70. The second-order valence-electron chi connectivity index (χ2n) is 6.86. The first kappa shape index (κ1) is 23.3. The predicted molar refractivity (Wildman–Crippen MR) is 126 cm³/mol. The van der Waals surface area contributed by atoms with Crippen molar-refractivity contribution in [3.63, 3.8) is 0 Å². The van der Waals surface area contributed by atoms with E-state index in [4.69, 9.17) is 14.5 Å². The second-order valence-corrected chi connectivity index (χ2v) is 6.86. The summed E-state index contributed by atoms with van der Waals surface area (Å²) in [5.74, 6) is 2.38. The molecule has 160 valence electrons. The van der Waals surface area contributed by atoms with E-state index in [0.29, 0.717) is 6.54 Å². The molecule has 2 N–H and O–H groups in total. The maximum Gasteiger partial charge on any atom is 0.191 e. The van der Waals surface area contributed by atoms with Gasteiger partial charge >= 0.3 is 0 Å². The SMILES string of the molecule is CCNC(=NCc1cccc(OC)c1OC1CCCC1)NCCn1cccn1.I. The van der Waals surface area contributed by atoms with Crippen molar-refractivity contribution in [1.82, 2.24) is 20.4 Å². The molecular weight excluding hydrogens is 481 g/mol. The van der Waals surface area contributed by atoms with Gasteiger partial charge in [0, 0.05) is 31.0 Å². The third-order valence-electron chi connectivity index (χ3n) is 4.81. The normalized spacial score (nSPS) is 14.3. The summed E-state index contributed by atoms with van der Waals surface area (Å²) in [4.78, 5) is 4.74. The molecule has 0 bridgehead atoms. The van der Waals surface area contributed by atoms with Gasteiger partial charge in [-0.25, -0.2) is 4.99 Å². The lowest BCUT2D eigenvalue weighted by Crippen LogP contribution is -2.38. The van der Waals surface area contributed by atoms with E-state index in [1.54, 1.807) is 13.3 Å². The zero-order chi connectivity index (χ0) is 19.6. The van der Waals surface area contributed by atoms with Crippen LogP contribution in [0.4, 0.5) is 0 Å². The van der Waals surface area contributed by atoms with Gasteiger partial charge in [-0.15, -0.1) is 24.0 Å². The quantitative estimate of drug-likeness (QED) is 0.305. The topological polar surface area (TPSA) is 72.7 Å². The average Bonchev–Trinajstić information content (AvgIpc) is 3.41. The maximum absolute atomic E-state index is 6.30. The van der Waals surface area contributed by atoms with E-state index in [1.165, 1.54) is 12.8 Å². The first-order chi connectivity index (χ1) is 13.8. The van der Waals surface area contributed by atoms with Crippen LogP contribution in [0.2, 0.25) is 0 Å². The molecule has 0 saturated heterocycles. The van der Waals surface area contributed by atoms with E-state index < -0.39 is 0 Å². The van der Waals surface area contributed by atoms with Crippen molar-refractivity contribution in [1.29, 1.82) is 0 Å². The van der Waals surface area contributed by atoms with Gasteiger partial charge in [-0.05, 0) is 44.7 Å². The van der Waals surface area contributed by atoms with Gasteiger partial charge in [-0.2, -0.15) is 5.10 Å². The van der Waals surface area contributed by atoms with Crippen molar-refractivity contribution < 1.29 is 9.47 Å². The van der Waals surface area contributed by atoms with Gasteiger partial charge in [0.05, 0.1) is 26.3 Å². The van der Waals surface area contributed by atoms with Crippen molar-refractivity contribution in [2.24, 2.45) is 4.99 Å². The molecule has 1 aliphatic carbocycles. The number of hydrogen-bond acceptors (Lipinski definition) is 4. The van der Waals surface area contributed by atoms with Gasteiger partial charge in [0.15, 0.2) is 17.5 Å². The van der Waals surface area contributed by atoms with Crippen LogP contribution in [-0.2, 0) is 13.1 Å². The average molecular weight is 513 g/mol. The Kier molecular flexibility index (Phi) is 10.1. The number of para-hydroxylation sites is 1. The van der Waals surface area contributed by atoms with Gasteiger partial charge in [0.25, 0.3) is 0 Å². The highest BCUT2D eigenvalue weighted by molar-refractivity contribution is 14.0. The van der Waals surface area contributed by atoms with Crippen LogP contribution < -0.4 is 20.1 Å². The highest BCUT2D eigenvalue weighted by Gasteiger charge is 2.20. The Morgan fingerprint density at radius 3 is 2.76 bits per heavy atom. The summed E-state index contributed by atoms with van der Waals surface area (Å²) in [6, 6.07) is 7.92. The molecule has 0 aliphatic heterocycles. The lowest BCUT2D eigenvalue weighted by molar-refractivity contribution is 0.198. The van der Waals surface area contributed by atoms with Crippen LogP contribution in [-0.4, -0.2) is 42.0 Å². The number of methoxy groups -OCH3 is 1. The standard InChI is InChI=1S/C21H31N5O2.HI/c1-3-22-21(23-13-15-26-14-7-12-25-26)24-16-17-8-6-11-19(27-2)20(17)28-18-9-4-5-10-18;/h6-8,11-12,14,18H,3-5,9-10,13,15-16H2,1-2H3,(H2,22,23,24);1H. The van der Waals surface area contributed by atoms with Crippen LogP contribution in [0.25, 0.3) is 0 Å². The molecule has 1 aliphatic rings. The summed E-state index contributed by atoms with van der Waals surface area (Å²) < 4.78 is 13.7. The number of rotatable bonds is 9. The molecule has 1 fully saturated rings. The maximum atomic E-state index is 6.30. The van der Waals surface area contributed by atoms with Gasteiger partial charge in [-0.3, -0.25) is 4.68 Å². The van der Waals surface area contributed by atoms with Gasteiger partial charge in [0.2, 0.25) is 0 Å². The molecule has 2 aromatic rings. The smallest absolute Gasteiger partial charge is 0.191 e. The first-order valence-corrected chi connectivity index (χ1v) is 10.1. The molecule has 29 heavy (non-hydrogen) atoms. The minimum Gasteiger partial charge on any atom is -0.493 e. The third kappa shape index (κ3) is 7.09. The van der Waals surface area contributed by atoms with Crippen molar-refractivity contribution in [3.8, 4) is 11.5 Å². The Morgan fingerprint density at radius 2 is 2.07 bits per heavy atom. The zero-order valence-corrected chi connectivity index (χ0v) is 19.6. The van der Waals surface area contributed by atoms with E-state index in [-0.39, 0.29) is 30.1 Å². The Bertz CT molecular complexity index is 746. The van der Waals surface area contributed by atoms with Gasteiger partial charge < -0.3 is 20.1 Å². The fourth-order valence-corrected chi connectivity index (χ4v) is 3.38. The molecule has 1 aromatic carbocycles. The summed E-state index contributed by atoms with van der Waals surface area (Å²) in [5, 5.41) is 10.9. The molecule has 8 heteroatoms. The molecule has 0 atom stereocenters. The molecule has 7 nitrogen and oxygen atoms in total. The third-order valence-corrected chi connectivity index (χ3v) is 4.81. The lowest BCUT2D eigenvalue weighted by Gasteiger charge is -2.19.